The molecule has 120 valence electrons. The minimum absolute atomic E-state index is 0.0582. The van der Waals surface area contributed by atoms with Crippen LogP contribution in [0.25, 0.3) is 11.0 Å². The number of nitrogens with zero attached hydrogens (tertiary/aromatic N) is 5. The molecule has 3 heterocycles. The molecule has 0 unspecified atom stereocenters. The van der Waals surface area contributed by atoms with Crippen molar-refractivity contribution in [3.63, 3.8) is 0 Å². The molecule has 1 saturated heterocycles. The highest BCUT2D eigenvalue weighted by Gasteiger charge is 2.29. The van der Waals surface area contributed by atoms with E-state index in [0.717, 1.165) is 42.8 Å². The average Bonchev–Trinajstić information content (AvgIpc) is 3.03. The number of piperidine rings is 1. The maximum absolute atomic E-state index is 12.0. The first-order valence-electron chi connectivity index (χ1n) is 7.37. The van der Waals surface area contributed by atoms with Crippen molar-refractivity contribution in [2.75, 3.05) is 30.8 Å². The van der Waals surface area contributed by atoms with Crippen LogP contribution in [0.15, 0.2) is 12.5 Å². The number of nitrogens with one attached hydrogen (secondary N) is 1. The first-order chi connectivity index (χ1) is 10.5. The van der Waals surface area contributed by atoms with E-state index in [4.69, 9.17) is 0 Å². The lowest BCUT2D eigenvalue weighted by Gasteiger charge is -2.36. The van der Waals surface area contributed by atoms with Crippen LogP contribution in [-0.4, -0.2) is 64.8 Å². The Morgan fingerprint density at radius 1 is 1.36 bits per heavy atom. The van der Waals surface area contributed by atoms with Gasteiger partial charge in [-0.25, -0.2) is 22.7 Å². The fraction of sp³-hybridized carbons (Fsp3) is 0.615. The number of aromatic nitrogens is 4. The average molecular weight is 324 g/mol. The monoisotopic (exact) mass is 324 g/mol. The quantitative estimate of drug-likeness (QED) is 0.885. The van der Waals surface area contributed by atoms with Gasteiger partial charge in [-0.1, -0.05) is 0 Å². The van der Waals surface area contributed by atoms with Crippen molar-refractivity contribution >= 4 is 26.9 Å². The second kappa shape index (κ2) is 5.81. The van der Waals surface area contributed by atoms with Gasteiger partial charge in [0.05, 0.1) is 17.3 Å². The van der Waals surface area contributed by atoms with E-state index < -0.39 is 10.0 Å². The molecule has 22 heavy (non-hydrogen) atoms. The molecule has 1 fully saturated rings. The van der Waals surface area contributed by atoms with E-state index in [9.17, 15) is 8.42 Å². The summed E-state index contributed by atoms with van der Waals surface area (Å²) in [6.07, 6.45) is 4.83. The summed E-state index contributed by atoms with van der Waals surface area (Å²) < 4.78 is 25.5. The maximum Gasteiger partial charge on any atom is 0.213 e. The molecule has 0 atom stereocenters. The molecule has 8 nitrogen and oxygen atoms in total. The third kappa shape index (κ3) is 2.66. The Balaban J connectivity index is 1.73. The number of rotatable bonds is 4. The van der Waals surface area contributed by atoms with Crippen LogP contribution in [0.4, 0.5) is 5.82 Å². The number of anilines is 1. The Kier molecular flexibility index (Phi) is 4.00. The molecule has 1 aliphatic heterocycles. The lowest BCUT2D eigenvalue weighted by Crippen LogP contribution is -2.46. The smallest absolute Gasteiger partial charge is 0.213 e. The van der Waals surface area contributed by atoms with Gasteiger partial charge >= 0.3 is 0 Å². The summed E-state index contributed by atoms with van der Waals surface area (Å²) in [4.78, 5) is 10.7. The van der Waals surface area contributed by atoms with Crippen molar-refractivity contribution in [2.24, 2.45) is 0 Å². The highest BCUT2D eigenvalue weighted by atomic mass is 32.2. The maximum atomic E-state index is 12.0. The zero-order chi connectivity index (χ0) is 15.7. The zero-order valence-electron chi connectivity index (χ0n) is 12.7. The number of sulfonamides is 1. The summed E-state index contributed by atoms with van der Waals surface area (Å²) >= 11 is 0. The second-order valence-electron chi connectivity index (χ2n) is 5.46. The number of aromatic amines is 1. The molecule has 0 aliphatic carbocycles. The molecule has 0 aromatic carbocycles. The molecular formula is C13H20N6O2S. The van der Waals surface area contributed by atoms with E-state index in [-0.39, 0.29) is 11.8 Å². The normalized spacial score (nSPS) is 17.5. The standard InChI is InChI=1S/C13H20N6O2S/c1-3-22(20,21)18(2)10-4-6-19(7-5-10)13-11-8-16-17-12(11)14-9-15-13/h8-10H,3-7H2,1-2H3,(H,14,15,16,17). The van der Waals surface area contributed by atoms with E-state index in [1.807, 2.05) is 0 Å². The van der Waals surface area contributed by atoms with E-state index in [1.54, 1.807) is 20.2 Å². The van der Waals surface area contributed by atoms with Gasteiger partial charge in [-0.05, 0) is 19.8 Å². The van der Waals surface area contributed by atoms with Crippen LogP contribution in [-0.2, 0) is 10.0 Å². The fourth-order valence-electron chi connectivity index (χ4n) is 2.88. The molecule has 3 rings (SSSR count). The highest BCUT2D eigenvalue weighted by Crippen LogP contribution is 2.26. The van der Waals surface area contributed by atoms with Crippen LogP contribution in [0.2, 0.25) is 0 Å². The molecule has 1 N–H and O–H groups in total. The summed E-state index contributed by atoms with van der Waals surface area (Å²) in [5.41, 5.74) is 0.720. The van der Waals surface area contributed by atoms with Crippen LogP contribution in [0.3, 0.4) is 0 Å². The molecule has 0 saturated carbocycles. The number of hydrogen-bond donors (Lipinski definition) is 1. The number of hydrogen-bond acceptors (Lipinski definition) is 6. The largest absolute Gasteiger partial charge is 0.356 e. The summed E-state index contributed by atoms with van der Waals surface area (Å²) in [5.74, 6) is 1.00. The SMILES string of the molecule is CCS(=O)(=O)N(C)C1CCN(c2ncnc3[nH]ncc23)CC1. The second-order valence-corrected chi connectivity index (χ2v) is 7.78. The van der Waals surface area contributed by atoms with Crippen LogP contribution in [0.5, 0.6) is 0 Å². The Morgan fingerprint density at radius 2 is 2.09 bits per heavy atom. The molecule has 2 aromatic rings. The lowest BCUT2D eigenvalue weighted by molar-refractivity contribution is 0.312. The molecule has 0 amide bonds. The first-order valence-corrected chi connectivity index (χ1v) is 8.98. The Bertz CT molecular complexity index is 751. The molecule has 0 radical (unpaired) electrons. The van der Waals surface area contributed by atoms with E-state index >= 15 is 0 Å². The van der Waals surface area contributed by atoms with Crippen LogP contribution < -0.4 is 4.90 Å². The first kappa shape index (κ1) is 15.2. The zero-order valence-corrected chi connectivity index (χ0v) is 13.5. The van der Waals surface area contributed by atoms with E-state index in [2.05, 4.69) is 25.1 Å². The fourth-order valence-corrected chi connectivity index (χ4v) is 3.95. The van der Waals surface area contributed by atoms with Crippen molar-refractivity contribution in [3.05, 3.63) is 12.5 Å². The molecule has 2 aromatic heterocycles. The van der Waals surface area contributed by atoms with Crippen molar-refractivity contribution in [2.45, 2.75) is 25.8 Å². The number of H-pyrrole nitrogens is 1. The van der Waals surface area contributed by atoms with E-state index in [0.29, 0.717) is 0 Å². The third-order valence-corrected chi connectivity index (χ3v) is 6.21. The lowest BCUT2D eigenvalue weighted by atomic mass is 10.1. The van der Waals surface area contributed by atoms with Crippen LogP contribution in [0.1, 0.15) is 19.8 Å². The predicted molar refractivity (Wildman–Crippen MR) is 84.1 cm³/mol. The third-order valence-electron chi connectivity index (χ3n) is 4.31. The van der Waals surface area contributed by atoms with Gasteiger partial charge in [0.2, 0.25) is 10.0 Å². The van der Waals surface area contributed by atoms with Crippen molar-refractivity contribution in [1.29, 1.82) is 0 Å². The number of fused-ring (bicyclic) bond motifs is 1. The van der Waals surface area contributed by atoms with Crippen LogP contribution in [0, 0.1) is 0 Å². The molecule has 1 aliphatic rings. The van der Waals surface area contributed by atoms with Gasteiger partial charge in [0.15, 0.2) is 5.65 Å². The summed E-state index contributed by atoms with van der Waals surface area (Å²) in [6.45, 7) is 3.22. The molecular weight excluding hydrogens is 304 g/mol. The minimum atomic E-state index is -3.13. The molecule has 0 bridgehead atoms. The van der Waals surface area contributed by atoms with Gasteiger partial charge in [-0.15, -0.1) is 0 Å². The highest BCUT2D eigenvalue weighted by molar-refractivity contribution is 7.89. The Labute approximate surface area is 129 Å². The van der Waals surface area contributed by atoms with Crippen molar-refractivity contribution < 1.29 is 8.42 Å². The summed E-state index contributed by atoms with van der Waals surface area (Å²) in [6, 6.07) is 0.0582. The van der Waals surface area contributed by atoms with Gasteiger partial charge in [0.1, 0.15) is 12.1 Å². The minimum Gasteiger partial charge on any atom is -0.356 e. The predicted octanol–water partition coefficient (Wildman–Crippen LogP) is 0.603. The Hall–Kier alpha value is -1.74. The van der Waals surface area contributed by atoms with Crippen LogP contribution >= 0.6 is 0 Å². The molecule has 9 heteroatoms. The topological polar surface area (TPSA) is 95.1 Å². The van der Waals surface area contributed by atoms with Crippen molar-refractivity contribution in [3.8, 4) is 0 Å². The Morgan fingerprint density at radius 3 is 2.77 bits per heavy atom. The summed E-state index contributed by atoms with van der Waals surface area (Å²) in [7, 11) is -1.45. The summed E-state index contributed by atoms with van der Waals surface area (Å²) in [5, 5.41) is 7.74. The molecule has 0 spiro atoms. The van der Waals surface area contributed by atoms with Gasteiger partial charge < -0.3 is 4.90 Å². The van der Waals surface area contributed by atoms with E-state index in [1.165, 1.54) is 10.6 Å². The van der Waals surface area contributed by atoms with Gasteiger partial charge in [0.25, 0.3) is 0 Å². The van der Waals surface area contributed by atoms with Gasteiger partial charge in [-0.2, -0.15) is 5.10 Å². The van der Waals surface area contributed by atoms with Gasteiger partial charge in [-0.3, -0.25) is 5.10 Å². The van der Waals surface area contributed by atoms with Crippen molar-refractivity contribution in [1.82, 2.24) is 24.5 Å². The van der Waals surface area contributed by atoms with Gasteiger partial charge in [0, 0.05) is 26.2 Å².